The van der Waals surface area contributed by atoms with Gasteiger partial charge < -0.3 is 72.3 Å². The maximum Gasteiger partial charge on any atom is 0.248 e. The minimum Gasteiger partial charge on any atom is -0.610 e. The number of fused-ring (bicyclic) bond motifs is 1. The molecule has 23 nitrogen and oxygen atoms in total. The first-order valence-corrected chi connectivity index (χ1v) is 24.4. The van der Waals surface area contributed by atoms with E-state index < -0.39 is 139 Å². The second-order valence-electron chi connectivity index (χ2n) is 17.4. The standard InChI is InChI=1S/C45H70N10O13S/c1-8-11-26(5)68-30-13-14-31-27(6)44(53-32(31)17-30)69(67)23-35(42(64)52-34(18-36(46)59)45(66)55-15-10-12-25(55)4)51-38(61)21-49-43(65)40(24(3)9-2)54-39(62)20-47-37(60)19-48-41(63)33(50-28(7)57)16-29(58)22-56/h13-14,17,24-26,29,33-35,40,53,56,58H,8-12,15-16,18-23H2,1-7H3,(H2,46,59)(H,47,60)(H,48,63)(H,49,65)(H,50,57)(H,51,61)(H,52,64)(H,54,62)/t24?,25?,26?,29?,33?,34?,35-,40?,69?/m0/s1. The van der Waals surface area contributed by atoms with Crippen molar-refractivity contribution in [2.45, 2.75) is 141 Å². The quantitative estimate of drug-likeness (QED) is 0.0417. The Kier molecular flexibility index (Phi) is 23.2. The van der Waals surface area contributed by atoms with E-state index in [0.717, 1.165) is 25.2 Å². The fourth-order valence-electron chi connectivity index (χ4n) is 7.65. The first-order chi connectivity index (χ1) is 32.6. The summed E-state index contributed by atoms with van der Waals surface area (Å²) in [7, 11) is 0. The Labute approximate surface area is 404 Å². The molecule has 69 heavy (non-hydrogen) atoms. The molecule has 1 aromatic heterocycles. The number of hydrogen-bond donors (Lipinski definition) is 11. The summed E-state index contributed by atoms with van der Waals surface area (Å²) in [5.74, 6) is -7.48. The molecule has 1 fully saturated rings. The summed E-state index contributed by atoms with van der Waals surface area (Å²) >= 11 is -1.99. The van der Waals surface area contributed by atoms with Gasteiger partial charge in [0.1, 0.15) is 29.6 Å². The molecule has 1 aliphatic heterocycles. The van der Waals surface area contributed by atoms with Crippen molar-refractivity contribution >= 4 is 75.2 Å². The highest BCUT2D eigenvalue weighted by atomic mass is 32.2. The van der Waals surface area contributed by atoms with Gasteiger partial charge in [-0.1, -0.05) is 33.6 Å². The Bertz CT molecular complexity index is 2140. The number of nitrogens with zero attached hydrogens (tertiary/aromatic N) is 1. The monoisotopic (exact) mass is 990 g/mol. The predicted molar refractivity (Wildman–Crippen MR) is 253 cm³/mol. The average molecular weight is 991 g/mol. The molecule has 3 rings (SSSR count). The van der Waals surface area contributed by atoms with E-state index in [1.807, 2.05) is 19.9 Å². The minimum absolute atomic E-state index is 0.0437. The number of primary amides is 1. The van der Waals surface area contributed by atoms with Crippen LogP contribution >= 0.6 is 0 Å². The molecule has 0 aliphatic carbocycles. The molecule has 8 unspecified atom stereocenters. The Morgan fingerprint density at radius 2 is 1.55 bits per heavy atom. The van der Waals surface area contributed by atoms with Gasteiger partial charge >= 0.3 is 0 Å². The first-order valence-electron chi connectivity index (χ1n) is 23.1. The molecule has 0 spiro atoms. The number of carbonyl (C=O) groups is 9. The number of aromatic amines is 1. The van der Waals surface area contributed by atoms with E-state index in [4.69, 9.17) is 15.6 Å². The molecular weight excluding hydrogens is 921 g/mol. The Balaban J connectivity index is 1.74. The number of aliphatic hydroxyl groups is 2. The van der Waals surface area contributed by atoms with E-state index in [9.17, 15) is 52.8 Å². The van der Waals surface area contributed by atoms with Gasteiger partial charge in [0.05, 0.1) is 50.4 Å². The lowest BCUT2D eigenvalue weighted by molar-refractivity contribution is -0.139. The number of ether oxygens (including phenoxy) is 1. The molecule has 12 N–H and O–H groups in total. The van der Waals surface area contributed by atoms with Crippen LogP contribution in [0.4, 0.5) is 0 Å². The van der Waals surface area contributed by atoms with Crippen molar-refractivity contribution < 1.29 is 62.7 Å². The highest BCUT2D eigenvalue weighted by Gasteiger charge is 2.37. The summed E-state index contributed by atoms with van der Waals surface area (Å²) in [6.45, 7) is 9.91. The van der Waals surface area contributed by atoms with Gasteiger partial charge in [-0.05, 0) is 58.1 Å². The fourth-order valence-corrected chi connectivity index (χ4v) is 9.03. The lowest BCUT2D eigenvalue weighted by Crippen LogP contribution is -2.58. The van der Waals surface area contributed by atoms with Gasteiger partial charge in [0.2, 0.25) is 58.2 Å². The molecule has 0 saturated carbocycles. The number of hydrogen-bond acceptors (Lipinski definition) is 13. The van der Waals surface area contributed by atoms with Crippen LogP contribution in [-0.2, 0) is 54.3 Å². The molecule has 0 bridgehead atoms. The van der Waals surface area contributed by atoms with Crippen molar-refractivity contribution in [1.29, 1.82) is 0 Å². The molecule has 1 saturated heterocycles. The Morgan fingerprint density at radius 3 is 2.16 bits per heavy atom. The van der Waals surface area contributed by atoms with Crippen LogP contribution in [0.1, 0.15) is 92.1 Å². The van der Waals surface area contributed by atoms with Gasteiger partial charge in [0, 0.05) is 54.1 Å². The minimum atomic E-state index is -1.99. The lowest BCUT2D eigenvalue weighted by Gasteiger charge is -2.28. The van der Waals surface area contributed by atoms with E-state index in [-0.39, 0.29) is 23.6 Å². The van der Waals surface area contributed by atoms with Gasteiger partial charge in [-0.2, -0.15) is 0 Å². The highest BCUT2D eigenvalue weighted by molar-refractivity contribution is 7.91. The number of amides is 9. The number of aromatic nitrogens is 1. The van der Waals surface area contributed by atoms with Crippen LogP contribution in [0.5, 0.6) is 5.75 Å². The topological polar surface area (TPSA) is 356 Å². The molecule has 24 heteroatoms. The Morgan fingerprint density at radius 1 is 0.899 bits per heavy atom. The van der Waals surface area contributed by atoms with Crippen LogP contribution in [-0.4, -0.2) is 159 Å². The van der Waals surface area contributed by atoms with Gasteiger partial charge in [0.25, 0.3) is 0 Å². The molecule has 9 amide bonds. The number of nitrogens with one attached hydrogen (secondary N) is 8. The third kappa shape index (κ3) is 18.1. The third-order valence-corrected chi connectivity index (χ3v) is 13.1. The first kappa shape index (κ1) is 57.3. The smallest absolute Gasteiger partial charge is 0.248 e. The molecule has 1 aromatic carbocycles. The SMILES string of the molecule is CCCC(C)Oc1ccc2c(C)c([S+]([O-])C[C@H](NC(=O)CNC(=O)C(NC(=O)CNC(=O)CNC(=O)C(CC(O)CO)NC(C)=O)C(C)CC)C(=O)NC(CC(N)=O)C(=O)N3CCCC3C)[nH]c2c1. The van der Waals surface area contributed by atoms with Gasteiger partial charge in [-0.3, -0.25) is 43.2 Å². The van der Waals surface area contributed by atoms with Crippen LogP contribution in [0.2, 0.25) is 0 Å². The number of aliphatic hydroxyl groups excluding tert-OH is 2. The zero-order chi connectivity index (χ0) is 51.5. The van der Waals surface area contributed by atoms with Crippen molar-refractivity contribution in [2.75, 3.05) is 38.5 Å². The van der Waals surface area contributed by atoms with E-state index in [1.165, 1.54) is 4.90 Å². The molecular formula is C45H70N10O13S. The third-order valence-electron chi connectivity index (χ3n) is 11.6. The average Bonchev–Trinajstić information content (AvgIpc) is 3.88. The molecule has 9 atom stereocenters. The van der Waals surface area contributed by atoms with E-state index in [1.54, 1.807) is 32.9 Å². The molecule has 1 aliphatic rings. The van der Waals surface area contributed by atoms with Crippen molar-refractivity contribution in [3.63, 3.8) is 0 Å². The molecule has 384 valence electrons. The normalized spacial score (nSPS) is 16.9. The van der Waals surface area contributed by atoms with Crippen LogP contribution < -0.4 is 47.7 Å². The zero-order valence-electron chi connectivity index (χ0n) is 40.4. The number of carbonyl (C=O) groups excluding carboxylic acids is 9. The highest BCUT2D eigenvalue weighted by Crippen LogP contribution is 2.30. The molecule has 2 heterocycles. The second-order valence-corrected chi connectivity index (χ2v) is 18.8. The van der Waals surface area contributed by atoms with E-state index in [0.29, 0.717) is 42.6 Å². The summed E-state index contributed by atoms with van der Waals surface area (Å²) in [6.07, 6.45) is 1.35. The number of nitrogens with two attached hydrogens (primary N) is 1. The van der Waals surface area contributed by atoms with Crippen molar-refractivity contribution in [3.8, 4) is 5.75 Å². The number of rotatable bonds is 28. The van der Waals surface area contributed by atoms with Crippen LogP contribution in [0.25, 0.3) is 10.9 Å². The number of benzene rings is 1. The second kappa shape index (κ2) is 27.9. The van der Waals surface area contributed by atoms with Crippen molar-refractivity contribution in [1.82, 2.24) is 47.1 Å². The van der Waals surface area contributed by atoms with Crippen LogP contribution in [0, 0.1) is 12.8 Å². The number of likely N-dealkylation sites (tertiary alicyclic amines) is 1. The van der Waals surface area contributed by atoms with Crippen molar-refractivity contribution in [2.24, 2.45) is 11.7 Å². The van der Waals surface area contributed by atoms with Gasteiger partial charge in [-0.25, -0.2) is 0 Å². The number of H-pyrrole nitrogens is 1. The van der Waals surface area contributed by atoms with E-state index in [2.05, 4.69) is 49.1 Å². The number of aryl methyl sites for hydroxylation is 1. The van der Waals surface area contributed by atoms with Crippen molar-refractivity contribution in [3.05, 3.63) is 23.8 Å². The summed E-state index contributed by atoms with van der Waals surface area (Å²) in [5.41, 5.74) is 6.73. The Hall–Kier alpha value is -5.98. The van der Waals surface area contributed by atoms with Crippen LogP contribution in [0.3, 0.4) is 0 Å². The molecule has 0 radical (unpaired) electrons. The summed E-state index contributed by atoms with van der Waals surface area (Å²) < 4.78 is 20.2. The predicted octanol–water partition coefficient (Wildman–Crippen LogP) is -1.87. The molecule has 2 aromatic rings. The van der Waals surface area contributed by atoms with Crippen LogP contribution in [0.15, 0.2) is 23.2 Å². The maximum absolute atomic E-state index is 14.1. The fraction of sp³-hybridized carbons (Fsp3) is 0.622. The summed E-state index contributed by atoms with van der Waals surface area (Å²) in [5, 5.41) is 36.7. The summed E-state index contributed by atoms with van der Waals surface area (Å²) in [4.78, 5) is 121. The largest absolute Gasteiger partial charge is 0.610 e. The van der Waals surface area contributed by atoms with E-state index >= 15 is 0 Å². The summed E-state index contributed by atoms with van der Waals surface area (Å²) in [6, 6.07) is -0.205. The van der Waals surface area contributed by atoms with Gasteiger partial charge in [0.15, 0.2) is 6.04 Å². The van der Waals surface area contributed by atoms with Gasteiger partial charge in [-0.15, -0.1) is 0 Å². The maximum atomic E-state index is 14.1. The lowest BCUT2D eigenvalue weighted by atomic mass is 9.98. The zero-order valence-corrected chi connectivity index (χ0v) is 41.2.